The third kappa shape index (κ3) is 3.79. The van der Waals surface area contributed by atoms with Gasteiger partial charge in [0, 0.05) is 5.56 Å². The molecule has 0 atom stereocenters. The first-order valence-electron chi connectivity index (χ1n) is 4.55. The van der Waals surface area contributed by atoms with Gasteiger partial charge in [0.2, 0.25) is 5.88 Å². The summed E-state index contributed by atoms with van der Waals surface area (Å²) in [5, 5.41) is 8.52. The van der Waals surface area contributed by atoms with E-state index in [1.54, 1.807) is 13.0 Å². The average molecular weight is 265 g/mol. The Labute approximate surface area is 101 Å². The largest absolute Gasteiger partial charge is 0.574 e. The summed E-state index contributed by atoms with van der Waals surface area (Å²) in [6.45, 7) is 1.66. The van der Waals surface area contributed by atoms with Gasteiger partial charge in [0.1, 0.15) is 0 Å². The molecule has 92 valence electrons. The number of aryl methyl sites for hydroxylation is 1. The van der Waals surface area contributed by atoms with Crippen LogP contribution in [0, 0.1) is 18.3 Å². The molecule has 0 amide bonds. The van der Waals surface area contributed by atoms with Crippen LogP contribution < -0.4 is 4.74 Å². The van der Waals surface area contributed by atoms with Crippen molar-refractivity contribution < 1.29 is 17.9 Å². The SMILES string of the molecule is Cc1cc(CC#N)c(OC(F)(F)F)nc1CCl. The van der Waals surface area contributed by atoms with Crippen LogP contribution in [0.5, 0.6) is 5.88 Å². The zero-order chi connectivity index (χ0) is 13.1. The van der Waals surface area contributed by atoms with Crippen LogP contribution >= 0.6 is 11.6 Å². The minimum absolute atomic E-state index is 0.0209. The first-order chi connectivity index (χ1) is 7.87. The van der Waals surface area contributed by atoms with Crippen molar-refractivity contribution in [2.45, 2.75) is 25.6 Å². The van der Waals surface area contributed by atoms with E-state index >= 15 is 0 Å². The Balaban J connectivity index is 3.20. The van der Waals surface area contributed by atoms with Crippen molar-refractivity contribution in [3.8, 4) is 11.9 Å². The van der Waals surface area contributed by atoms with E-state index in [4.69, 9.17) is 16.9 Å². The first kappa shape index (κ1) is 13.6. The van der Waals surface area contributed by atoms with Gasteiger partial charge in [-0.05, 0) is 18.6 Å². The number of alkyl halides is 4. The zero-order valence-electron chi connectivity index (χ0n) is 8.81. The zero-order valence-corrected chi connectivity index (χ0v) is 9.56. The van der Waals surface area contributed by atoms with E-state index in [0.717, 1.165) is 0 Å². The van der Waals surface area contributed by atoms with Crippen LogP contribution in [0.1, 0.15) is 16.8 Å². The van der Waals surface area contributed by atoms with E-state index in [1.165, 1.54) is 6.07 Å². The van der Waals surface area contributed by atoms with Gasteiger partial charge in [-0.25, -0.2) is 4.98 Å². The molecular formula is C10H8ClF3N2O. The van der Waals surface area contributed by atoms with Gasteiger partial charge in [-0.2, -0.15) is 5.26 Å². The van der Waals surface area contributed by atoms with Crippen molar-refractivity contribution >= 4 is 11.6 Å². The molecule has 0 radical (unpaired) electrons. The number of halogens is 4. The number of hydrogen-bond acceptors (Lipinski definition) is 3. The molecule has 0 bridgehead atoms. The maximum Gasteiger partial charge on any atom is 0.574 e. The number of aromatic nitrogens is 1. The molecule has 0 unspecified atom stereocenters. The monoisotopic (exact) mass is 264 g/mol. The Kier molecular flexibility index (Phi) is 4.18. The number of ether oxygens (including phenoxy) is 1. The molecule has 17 heavy (non-hydrogen) atoms. The van der Waals surface area contributed by atoms with E-state index in [1.807, 2.05) is 0 Å². The molecule has 0 saturated heterocycles. The summed E-state index contributed by atoms with van der Waals surface area (Å²) in [4.78, 5) is 3.67. The summed E-state index contributed by atoms with van der Waals surface area (Å²) in [5.41, 5.74) is 1.02. The Hall–Kier alpha value is -1.48. The fourth-order valence-corrected chi connectivity index (χ4v) is 1.50. The third-order valence-electron chi connectivity index (χ3n) is 1.97. The summed E-state index contributed by atoms with van der Waals surface area (Å²) >= 11 is 5.54. The number of nitrogens with zero attached hydrogens (tertiary/aromatic N) is 2. The van der Waals surface area contributed by atoms with E-state index < -0.39 is 12.2 Å². The minimum atomic E-state index is -4.84. The van der Waals surface area contributed by atoms with Gasteiger partial charge in [-0.15, -0.1) is 24.8 Å². The number of pyridine rings is 1. The van der Waals surface area contributed by atoms with E-state index in [9.17, 15) is 13.2 Å². The molecular weight excluding hydrogens is 257 g/mol. The van der Waals surface area contributed by atoms with E-state index in [0.29, 0.717) is 11.3 Å². The summed E-state index contributed by atoms with van der Waals surface area (Å²) in [5.74, 6) is -0.632. The molecule has 0 aromatic carbocycles. The molecule has 1 aromatic heterocycles. The number of rotatable bonds is 3. The lowest BCUT2D eigenvalue weighted by Gasteiger charge is -2.13. The highest BCUT2D eigenvalue weighted by Crippen LogP contribution is 2.27. The van der Waals surface area contributed by atoms with Gasteiger partial charge >= 0.3 is 6.36 Å². The summed E-state index contributed by atoms with van der Waals surface area (Å²) in [6.07, 6.45) is -5.04. The summed E-state index contributed by atoms with van der Waals surface area (Å²) in [6, 6.07) is 3.18. The van der Waals surface area contributed by atoms with Gasteiger partial charge in [0.15, 0.2) is 0 Å². The second kappa shape index (κ2) is 5.23. The van der Waals surface area contributed by atoms with Crippen LogP contribution in [-0.2, 0) is 12.3 Å². The normalized spacial score (nSPS) is 11.1. The molecule has 0 aliphatic rings. The molecule has 1 heterocycles. The van der Waals surface area contributed by atoms with Crippen molar-refractivity contribution in [1.82, 2.24) is 4.98 Å². The van der Waals surface area contributed by atoms with Gasteiger partial charge in [0.25, 0.3) is 0 Å². The predicted octanol–water partition coefficient (Wildman–Crippen LogP) is 3.09. The lowest BCUT2D eigenvalue weighted by Crippen LogP contribution is -2.19. The van der Waals surface area contributed by atoms with Crippen LogP contribution in [0.2, 0.25) is 0 Å². The molecule has 1 rings (SSSR count). The quantitative estimate of drug-likeness (QED) is 0.788. The molecule has 0 fully saturated rings. The topological polar surface area (TPSA) is 45.9 Å². The van der Waals surface area contributed by atoms with Crippen molar-refractivity contribution in [3.63, 3.8) is 0 Å². The van der Waals surface area contributed by atoms with Crippen LogP contribution in [0.4, 0.5) is 13.2 Å². The third-order valence-corrected chi connectivity index (χ3v) is 2.22. The smallest absolute Gasteiger partial charge is 0.388 e. The Morgan fingerprint density at radius 1 is 1.53 bits per heavy atom. The second-order valence-electron chi connectivity index (χ2n) is 3.23. The lowest BCUT2D eigenvalue weighted by molar-refractivity contribution is -0.276. The van der Waals surface area contributed by atoms with Gasteiger partial charge in [0.05, 0.1) is 24.1 Å². The highest BCUT2D eigenvalue weighted by molar-refractivity contribution is 6.17. The molecule has 0 saturated carbocycles. The van der Waals surface area contributed by atoms with Crippen molar-refractivity contribution in [3.05, 3.63) is 22.9 Å². The van der Waals surface area contributed by atoms with Crippen molar-refractivity contribution in [1.29, 1.82) is 5.26 Å². The van der Waals surface area contributed by atoms with E-state index in [2.05, 4.69) is 9.72 Å². The Morgan fingerprint density at radius 2 is 2.18 bits per heavy atom. The fourth-order valence-electron chi connectivity index (χ4n) is 1.23. The maximum atomic E-state index is 12.1. The molecule has 0 N–H and O–H groups in total. The molecule has 0 aliphatic carbocycles. The van der Waals surface area contributed by atoms with Crippen LogP contribution in [0.25, 0.3) is 0 Å². The van der Waals surface area contributed by atoms with Crippen LogP contribution in [0.3, 0.4) is 0 Å². The van der Waals surface area contributed by atoms with Crippen LogP contribution in [-0.4, -0.2) is 11.3 Å². The maximum absolute atomic E-state index is 12.1. The molecule has 1 aromatic rings. The molecule has 7 heteroatoms. The number of hydrogen-bond donors (Lipinski definition) is 0. The highest BCUT2D eigenvalue weighted by Gasteiger charge is 2.33. The van der Waals surface area contributed by atoms with Crippen molar-refractivity contribution in [2.24, 2.45) is 0 Å². The lowest BCUT2D eigenvalue weighted by atomic mass is 10.1. The Morgan fingerprint density at radius 3 is 2.65 bits per heavy atom. The number of nitriles is 1. The fraction of sp³-hybridized carbons (Fsp3) is 0.400. The van der Waals surface area contributed by atoms with Gasteiger partial charge in [-0.3, -0.25) is 0 Å². The van der Waals surface area contributed by atoms with Crippen molar-refractivity contribution in [2.75, 3.05) is 0 Å². The summed E-state index contributed by atoms with van der Waals surface area (Å²) < 4.78 is 40.1. The Bertz CT molecular complexity index is 454. The van der Waals surface area contributed by atoms with Gasteiger partial charge < -0.3 is 4.74 Å². The minimum Gasteiger partial charge on any atom is -0.388 e. The molecule has 0 spiro atoms. The van der Waals surface area contributed by atoms with Gasteiger partial charge in [-0.1, -0.05) is 0 Å². The highest BCUT2D eigenvalue weighted by atomic mass is 35.5. The summed E-state index contributed by atoms with van der Waals surface area (Å²) in [7, 11) is 0. The van der Waals surface area contributed by atoms with Crippen LogP contribution in [0.15, 0.2) is 6.07 Å². The average Bonchev–Trinajstić information content (AvgIpc) is 2.20. The standard InChI is InChI=1S/C10H8ClF3N2O/c1-6-4-7(2-3-15)9(16-8(6)5-11)17-10(12,13)14/h4H,2,5H2,1H3. The molecule has 0 aliphatic heterocycles. The predicted molar refractivity (Wildman–Crippen MR) is 54.5 cm³/mol. The van der Waals surface area contributed by atoms with E-state index in [-0.39, 0.29) is 17.9 Å². The first-order valence-corrected chi connectivity index (χ1v) is 5.09. The molecule has 3 nitrogen and oxygen atoms in total. The second-order valence-corrected chi connectivity index (χ2v) is 3.50.